The van der Waals surface area contributed by atoms with Crippen LogP contribution in [0.1, 0.15) is 69.0 Å². The normalized spacial score (nSPS) is 18.7. The molecule has 3 aromatic heterocycles. The monoisotopic (exact) mass is 1020 g/mol. The zero-order chi connectivity index (χ0) is 49.3. The molecular formula is C38H49N5O20P3S+. The summed E-state index contributed by atoms with van der Waals surface area (Å²) in [7, 11) is -21.5. The number of aromatic nitrogens is 3. The topological polar surface area (TPSA) is 365 Å². The van der Waals surface area contributed by atoms with Crippen LogP contribution in [-0.4, -0.2) is 91.6 Å². The third-order valence-corrected chi connectivity index (χ3v) is 14.6. The molecule has 4 heterocycles. The highest BCUT2D eigenvalue weighted by Crippen LogP contribution is 2.66. The van der Waals surface area contributed by atoms with E-state index in [1.165, 1.54) is 30.5 Å². The Morgan fingerprint density at radius 3 is 2.39 bits per heavy atom. The number of hydrogen-bond donors (Lipinski definition) is 8. The number of anilines is 1. The van der Waals surface area contributed by atoms with E-state index in [0.717, 1.165) is 29.5 Å². The van der Waals surface area contributed by atoms with Gasteiger partial charge < -0.3 is 44.1 Å². The Bertz CT molecular complexity index is 2950. The average molecular weight is 1020 g/mol. The first-order valence-electron chi connectivity index (χ1n) is 20.3. The van der Waals surface area contributed by atoms with Crippen LogP contribution in [0.5, 0.6) is 0 Å². The molecule has 0 aliphatic carbocycles. The number of unbranched alkanes of at least 4 members (excludes halogenated alkanes) is 2. The number of ether oxygens (including phenoxy) is 1. The van der Waals surface area contributed by atoms with Gasteiger partial charge in [-0.05, 0) is 57.0 Å². The Kier molecular flexibility index (Phi) is 17.9. The molecule has 67 heavy (non-hydrogen) atoms. The summed E-state index contributed by atoms with van der Waals surface area (Å²) in [5, 5.41) is 13.8. The zero-order valence-electron chi connectivity index (χ0n) is 35.7. The first-order chi connectivity index (χ1) is 31.4. The third kappa shape index (κ3) is 15.6. The van der Waals surface area contributed by atoms with Crippen LogP contribution in [0, 0.1) is 0 Å². The summed E-state index contributed by atoms with van der Waals surface area (Å²) in [4.78, 5) is 90.8. The summed E-state index contributed by atoms with van der Waals surface area (Å²) in [5.41, 5.74) is -0.263. The van der Waals surface area contributed by atoms with E-state index in [-0.39, 0.29) is 47.9 Å². The molecule has 1 aromatic carbocycles. The number of hydrogen-bond acceptors (Lipinski definition) is 16. The standard InChI is InChI=1S/C38H48N5O20P3S/c1-3-41(4-2)29-14-11-25-19-26(37(47)61-32(25)20-29)12-13-28-15-16-30(67(56,57)58)23-42(28)18-7-5-6-10-34(45)39-17-8-9-27-22-43(38(48)40-36(27)46)35-21-31(44)33(60-35)24-59-65(52,53)63-66(54,55)62-64(49,50)51/h8-9,11-16,19-20,22-23,31,33,35,44H,3-7,10,17-18,21,24H2,1-2H3,(H6-,39,40,45,46,48,49,50,51,52,53,54,55,56,57,58)/p+1/b9-8+/t31-,33+,35+/m0/s1. The highest BCUT2D eigenvalue weighted by atomic mass is 32.2. The van der Waals surface area contributed by atoms with Gasteiger partial charge in [0.25, 0.3) is 15.7 Å². The van der Waals surface area contributed by atoms with Crippen LogP contribution in [-0.2, 0) is 53.0 Å². The number of aliphatic hydroxyl groups is 1. The molecular weight excluding hydrogens is 971 g/mol. The second-order valence-corrected chi connectivity index (χ2v) is 20.6. The van der Waals surface area contributed by atoms with Gasteiger partial charge in [0, 0.05) is 74.4 Å². The van der Waals surface area contributed by atoms with Crippen molar-refractivity contribution in [3.63, 3.8) is 0 Å². The van der Waals surface area contributed by atoms with E-state index in [4.69, 9.17) is 18.9 Å². The van der Waals surface area contributed by atoms with Gasteiger partial charge in [-0.3, -0.25) is 28.2 Å². The number of carbonyl (C=O) groups excluding carboxylic acids is 1. The number of benzene rings is 1. The Morgan fingerprint density at radius 2 is 1.70 bits per heavy atom. The summed E-state index contributed by atoms with van der Waals surface area (Å²) < 4.78 is 93.4. The van der Waals surface area contributed by atoms with Gasteiger partial charge >= 0.3 is 34.8 Å². The summed E-state index contributed by atoms with van der Waals surface area (Å²) in [6.07, 6.45) is 5.36. The van der Waals surface area contributed by atoms with E-state index in [2.05, 4.69) is 28.3 Å². The fourth-order valence-electron chi connectivity index (χ4n) is 6.76. The van der Waals surface area contributed by atoms with E-state index in [1.807, 2.05) is 32.0 Å². The quantitative estimate of drug-likeness (QED) is 0.0174. The fraction of sp³-hybridized carbons (Fsp3) is 0.395. The summed E-state index contributed by atoms with van der Waals surface area (Å²) in [6, 6.07) is 10.0. The maximum absolute atomic E-state index is 12.9. The van der Waals surface area contributed by atoms with Crippen molar-refractivity contribution in [1.82, 2.24) is 14.9 Å². The molecule has 1 aliphatic rings. The average Bonchev–Trinajstić information content (AvgIpc) is 3.59. The van der Waals surface area contributed by atoms with E-state index >= 15 is 0 Å². The summed E-state index contributed by atoms with van der Waals surface area (Å²) >= 11 is 0. The molecule has 1 amide bonds. The predicted octanol–water partition coefficient (Wildman–Crippen LogP) is 2.58. The van der Waals surface area contributed by atoms with Crippen molar-refractivity contribution in [3.05, 3.63) is 103 Å². The number of nitrogens with zero attached hydrogens (tertiary/aromatic N) is 3. The number of rotatable bonds is 23. The molecule has 29 heteroatoms. The lowest BCUT2D eigenvalue weighted by Crippen LogP contribution is -2.37. The number of aliphatic hydroxyl groups excluding tert-OH is 1. The van der Waals surface area contributed by atoms with Crippen LogP contribution in [0.25, 0.3) is 29.2 Å². The molecule has 4 aromatic rings. The van der Waals surface area contributed by atoms with Crippen molar-refractivity contribution in [2.75, 3.05) is 31.1 Å². The van der Waals surface area contributed by atoms with Crippen LogP contribution in [0.3, 0.4) is 0 Å². The number of pyridine rings is 1. The Labute approximate surface area is 381 Å². The molecule has 25 nitrogen and oxygen atoms in total. The molecule has 366 valence electrons. The second-order valence-electron chi connectivity index (χ2n) is 14.8. The van der Waals surface area contributed by atoms with Crippen LogP contribution < -0.4 is 31.7 Å². The molecule has 0 bridgehead atoms. The molecule has 0 radical (unpaired) electrons. The highest BCUT2D eigenvalue weighted by molar-refractivity contribution is 7.85. The minimum atomic E-state index is -5.79. The van der Waals surface area contributed by atoms with Crippen LogP contribution in [0.15, 0.2) is 78.6 Å². The van der Waals surface area contributed by atoms with Crippen molar-refractivity contribution < 1.29 is 83.0 Å². The van der Waals surface area contributed by atoms with Crippen molar-refractivity contribution in [1.29, 1.82) is 0 Å². The molecule has 8 N–H and O–H groups in total. The van der Waals surface area contributed by atoms with Gasteiger partial charge in [-0.25, -0.2) is 23.3 Å². The molecule has 1 saturated heterocycles. The first-order valence-corrected chi connectivity index (χ1v) is 26.3. The lowest BCUT2D eigenvalue weighted by Gasteiger charge is -2.20. The molecule has 2 unspecified atom stereocenters. The van der Waals surface area contributed by atoms with E-state index in [0.29, 0.717) is 35.9 Å². The highest BCUT2D eigenvalue weighted by Gasteiger charge is 2.43. The molecule has 1 aliphatic heterocycles. The Hall–Kier alpha value is -4.75. The molecule has 0 spiro atoms. The number of H-pyrrole nitrogens is 1. The van der Waals surface area contributed by atoms with E-state index in [9.17, 15) is 60.7 Å². The molecule has 1 fully saturated rings. The van der Waals surface area contributed by atoms with Crippen molar-refractivity contribution >= 4 is 74.4 Å². The summed E-state index contributed by atoms with van der Waals surface area (Å²) in [5.74, 6) is -0.331. The number of phosphoric ester groups is 1. The third-order valence-electron chi connectivity index (χ3n) is 9.98. The minimum absolute atomic E-state index is 0.0282. The van der Waals surface area contributed by atoms with Crippen LogP contribution >= 0.6 is 23.5 Å². The largest absolute Gasteiger partial charge is 0.490 e. The number of fused-ring (bicyclic) bond motifs is 1. The Balaban J connectivity index is 1.12. The maximum atomic E-state index is 12.9. The number of carbonyl (C=O) groups is 1. The number of nitrogens with one attached hydrogen (secondary N) is 2. The SMILES string of the molecule is CCN(CC)c1ccc2cc(/C=C/c3ccc(S(=O)(=O)O)c[n+]3CCCCCC(=O)NC/C=C/c3cn([C@H]4C[C@H](O)[C@@H](COP(=O)(O)OP(=O)(O)OP(=O)(O)O)O4)c(=O)[nH]c3=O)c(=O)oc2c1. The lowest BCUT2D eigenvalue weighted by atomic mass is 10.1. The van der Waals surface area contributed by atoms with Gasteiger partial charge in [0.15, 0.2) is 11.1 Å². The van der Waals surface area contributed by atoms with Gasteiger partial charge in [-0.1, -0.05) is 12.2 Å². The fourth-order valence-corrected chi connectivity index (χ4v) is 10.3. The number of phosphoric acid groups is 3. The van der Waals surface area contributed by atoms with Crippen molar-refractivity contribution in [2.45, 2.75) is 75.8 Å². The molecule has 5 rings (SSSR count). The van der Waals surface area contributed by atoms with Crippen LogP contribution in [0.4, 0.5) is 5.69 Å². The van der Waals surface area contributed by atoms with Crippen molar-refractivity contribution in [2.24, 2.45) is 0 Å². The van der Waals surface area contributed by atoms with Crippen molar-refractivity contribution in [3.8, 4) is 0 Å². The Morgan fingerprint density at radius 1 is 0.970 bits per heavy atom. The maximum Gasteiger partial charge on any atom is 0.490 e. The minimum Gasteiger partial charge on any atom is -0.422 e. The smallest absolute Gasteiger partial charge is 0.422 e. The lowest BCUT2D eigenvalue weighted by molar-refractivity contribution is -0.700. The zero-order valence-corrected chi connectivity index (χ0v) is 39.2. The molecule has 5 atom stereocenters. The van der Waals surface area contributed by atoms with Gasteiger partial charge in [0.05, 0.1) is 23.8 Å². The predicted molar refractivity (Wildman–Crippen MR) is 238 cm³/mol. The number of amides is 1. The van der Waals surface area contributed by atoms with Gasteiger partial charge in [0.2, 0.25) is 11.6 Å². The number of aryl methyl sites for hydroxylation is 1. The van der Waals surface area contributed by atoms with Crippen LogP contribution in [0.2, 0.25) is 0 Å². The summed E-state index contributed by atoms with van der Waals surface area (Å²) in [6.45, 7) is 4.90. The second kappa shape index (κ2) is 22.6. The van der Waals surface area contributed by atoms with Gasteiger partial charge in [-0.15, -0.1) is 0 Å². The van der Waals surface area contributed by atoms with E-state index in [1.54, 1.807) is 22.8 Å². The first kappa shape index (κ1) is 53.2. The van der Waals surface area contributed by atoms with Gasteiger partial charge in [-0.2, -0.15) is 21.6 Å². The number of aromatic amines is 1. The van der Waals surface area contributed by atoms with E-state index < -0.39 is 75.5 Å². The molecule has 0 saturated carbocycles. The van der Waals surface area contributed by atoms with Gasteiger partial charge in [0.1, 0.15) is 24.5 Å².